The standard InChI is InChI=1S/C13H12Cl3N3/c14-7-4-9(15)13(10(16)5-7)19-12-3-1-2-11(17)8(12)6-18-19/h4-6,11H,1-3,17H2. The lowest BCUT2D eigenvalue weighted by Gasteiger charge is -2.20. The number of benzene rings is 1. The lowest BCUT2D eigenvalue weighted by atomic mass is 9.94. The molecule has 0 bridgehead atoms. The Balaban J connectivity index is 2.19. The first-order chi connectivity index (χ1) is 9.08. The molecule has 0 fully saturated rings. The molecular formula is C13H12Cl3N3. The minimum absolute atomic E-state index is 0.0438. The minimum Gasteiger partial charge on any atom is -0.324 e. The summed E-state index contributed by atoms with van der Waals surface area (Å²) in [5.41, 5.74) is 8.93. The molecule has 0 saturated carbocycles. The van der Waals surface area contributed by atoms with E-state index in [-0.39, 0.29) is 6.04 Å². The molecule has 19 heavy (non-hydrogen) atoms. The molecule has 1 unspecified atom stereocenters. The lowest BCUT2D eigenvalue weighted by Crippen LogP contribution is -2.18. The number of hydrogen-bond acceptors (Lipinski definition) is 2. The Kier molecular flexibility index (Phi) is 3.48. The average Bonchev–Trinajstić information content (AvgIpc) is 2.73. The van der Waals surface area contributed by atoms with Gasteiger partial charge >= 0.3 is 0 Å². The predicted molar refractivity (Wildman–Crippen MR) is 78.5 cm³/mol. The van der Waals surface area contributed by atoms with Crippen molar-refractivity contribution in [3.63, 3.8) is 0 Å². The molecule has 1 aliphatic rings. The summed E-state index contributed by atoms with van der Waals surface area (Å²) in [4.78, 5) is 0. The zero-order valence-corrected chi connectivity index (χ0v) is 12.3. The SMILES string of the molecule is NC1CCCc2c1cnn2-c1c(Cl)cc(Cl)cc1Cl. The topological polar surface area (TPSA) is 43.8 Å². The molecule has 0 amide bonds. The first-order valence-corrected chi connectivity index (χ1v) is 7.18. The van der Waals surface area contributed by atoms with Crippen molar-refractivity contribution >= 4 is 34.8 Å². The van der Waals surface area contributed by atoms with Crippen molar-refractivity contribution in [2.45, 2.75) is 25.3 Å². The molecule has 0 saturated heterocycles. The van der Waals surface area contributed by atoms with Crippen LogP contribution in [0.5, 0.6) is 0 Å². The monoisotopic (exact) mass is 315 g/mol. The third-order valence-corrected chi connectivity index (χ3v) is 4.22. The van der Waals surface area contributed by atoms with E-state index < -0.39 is 0 Å². The van der Waals surface area contributed by atoms with E-state index in [0.717, 1.165) is 30.5 Å². The molecule has 0 spiro atoms. The molecule has 2 aromatic rings. The van der Waals surface area contributed by atoms with E-state index in [0.29, 0.717) is 20.8 Å². The van der Waals surface area contributed by atoms with E-state index in [1.165, 1.54) is 0 Å². The minimum atomic E-state index is 0.0438. The largest absolute Gasteiger partial charge is 0.324 e. The van der Waals surface area contributed by atoms with E-state index in [2.05, 4.69) is 5.10 Å². The second kappa shape index (κ2) is 4.98. The Hall–Kier alpha value is -0.740. The lowest BCUT2D eigenvalue weighted by molar-refractivity contribution is 0.558. The van der Waals surface area contributed by atoms with Crippen LogP contribution in [-0.2, 0) is 6.42 Å². The highest BCUT2D eigenvalue weighted by molar-refractivity contribution is 6.40. The molecule has 1 aliphatic carbocycles. The molecule has 0 aliphatic heterocycles. The fourth-order valence-electron chi connectivity index (χ4n) is 2.52. The second-order valence-corrected chi connectivity index (χ2v) is 5.93. The van der Waals surface area contributed by atoms with Crippen molar-refractivity contribution in [1.82, 2.24) is 9.78 Å². The van der Waals surface area contributed by atoms with Crippen molar-refractivity contribution in [3.05, 3.63) is 44.7 Å². The Morgan fingerprint density at radius 2 is 1.89 bits per heavy atom. The Morgan fingerprint density at radius 3 is 2.58 bits per heavy atom. The summed E-state index contributed by atoms with van der Waals surface area (Å²) in [6, 6.07) is 3.38. The summed E-state index contributed by atoms with van der Waals surface area (Å²) < 4.78 is 1.79. The summed E-state index contributed by atoms with van der Waals surface area (Å²) >= 11 is 18.4. The van der Waals surface area contributed by atoms with Gasteiger partial charge < -0.3 is 5.73 Å². The van der Waals surface area contributed by atoms with Crippen LogP contribution < -0.4 is 5.73 Å². The Bertz CT molecular complexity index is 613. The van der Waals surface area contributed by atoms with Crippen molar-refractivity contribution < 1.29 is 0 Å². The van der Waals surface area contributed by atoms with Crippen molar-refractivity contribution in [1.29, 1.82) is 0 Å². The average molecular weight is 317 g/mol. The van der Waals surface area contributed by atoms with E-state index in [4.69, 9.17) is 40.5 Å². The van der Waals surface area contributed by atoms with Gasteiger partial charge in [0.05, 0.1) is 16.2 Å². The summed E-state index contributed by atoms with van der Waals surface area (Å²) in [6.07, 6.45) is 4.77. The Morgan fingerprint density at radius 1 is 1.21 bits per heavy atom. The summed E-state index contributed by atoms with van der Waals surface area (Å²) in [6.45, 7) is 0. The molecule has 1 aromatic heterocycles. The van der Waals surface area contributed by atoms with Crippen LogP contribution in [0.25, 0.3) is 5.69 Å². The molecule has 0 radical (unpaired) electrons. The first kappa shape index (κ1) is 13.3. The third kappa shape index (κ3) is 2.25. The zero-order chi connectivity index (χ0) is 13.6. The molecule has 2 N–H and O–H groups in total. The maximum atomic E-state index is 6.24. The predicted octanol–water partition coefficient (Wildman–Crippen LogP) is 4.17. The van der Waals surface area contributed by atoms with Gasteiger partial charge in [0, 0.05) is 22.3 Å². The number of aromatic nitrogens is 2. The molecule has 1 atom stereocenters. The van der Waals surface area contributed by atoms with Gasteiger partial charge in [0.1, 0.15) is 5.69 Å². The van der Waals surface area contributed by atoms with Crippen LogP contribution in [0.4, 0.5) is 0 Å². The molecule has 3 rings (SSSR count). The summed E-state index contributed by atoms with van der Waals surface area (Å²) in [5.74, 6) is 0. The fraction of sp³-hybridized carbons (Fsp3) is 0.308. The van der Waals surface area contributed by atoms with Gasteiger partial charge in [0.2, 0.25) is 0 Å². The van der Waals surface area contributed by atoms with E-state index in [1.807, 2.05) is 0 Å². The number of hydrogen-bond donors (Lipinski definition) is 1. The van der Waals surface area contributed by atoms with E-state index in [1.54, 1.807) is 23.0 Å². The number of nitrogens with zero attached hydrogens (tertiary/aromatic N) is 2. The number of nitrogens with two attached hydrogens (primary N) is 1. The highest BCUT2D eigenvalue weighted by atomic mass is 35.5. The van der Waals surface area contributed by atoms with Crippen LogP contribution in [0.15, 0.2) is 18.3 Å². The van der Waals surface area contributed by atoms with Gasteiger partial charge in [0.15, 0.2) is 0 Å². The van der Waals surface area contributed by atoms with Gasteiger partial charge in [-0.2, -0.15) is 5.10 Å². The van der Waals surface area contributed by atoms with Gasteiger partial charge in [-0.1, -0.05) is 34.8 Å². The van der Waals surface area contributed by atoms with Gasteiger partial charge in [-0.15, -0.1) is 0 Å². The smallest absolute Gasteiger partial charge is 0.102 e. The van der Waals surface area contributed by atoms with Crippen molar-refractivity contribution in [3.8, 4) is 5.69 Å². The van der Waals surface area contributed by atoms with Crippen LogP contribution in [-0.4, -0.2) is 9.78 Å². The molecule has 3 nitrogen and oxygen atoms in total. The maximum absolute atomic E-state index is 6.24. The maximum Gasteiger partial charge on any atom is 0.102 e. The van der Waals surface area contributed by atoms with Gasteiger partial charge in [0.25, 0.3) is 0 Å². The molecule has 100 valence electrons. The Labute approximate surface area is 126 Å². The normalized spacial score (nSPS) is 18.4. The quantitative estimate of drug-likeness (QED) is 0.858. The number of rotatable bonds is 1. The van der Waals surface area contributed by atoms with Gasteiger partial charge in [-0.25, -0.2) is 4.68 Å². The number of fused-ring (bicyclic) bond motifs is 1. The van der Waals surface area contributed by atoms with Crippen LogP contribution in [0, 0.1) is 0 Å². The van der Waals surface area contributed by atoms with E-state index in [9.17, 15) is 0 Å². The zero-order valence-electron chi connectivity index (χ0n) is 10.0. The first-order valence-electron chi connectivity index (χ1n) is 6.05. The van der Waals surface area contributed by atoms with Crippen LogP contribution in [0.2, 0.25) is 15.1 Å². The van der Waals surface area contributed by atoms with E-state index >= 15 is 0 Å². The van der Waals surface area contributed by atoms with Gasteiger partial charge in [-0.05, 0) is 31.4 Å². The van der Waals surface area contributed by atoms with Crippen LogP contribution in [0.3, 0.4) is 0 Å². The molecule has 6 heteroatoms. The molecule has 1 heterocycles. The van der Waals surface area contributed by atoms with Crippen molar-refractivity contribution in [2.75, 3.05) is 0 Å². The van der Waals surface area contributed by atoms with Crippen LogP contribution >= 0.6 is 34.8 Å². The van der Waals surface area contributed by atoms with Crippen LogP contribution in [0.1, 0.15) is 30.1 Å². The highest BCUT2D eigenvalue weighted by Crippen LogP contribution is 2.36. The van der Waals surface area contributed by atoms with Crippen molar-refractivity contribution in [2.24, 2.45) is 5.73 Å². The second-order valence-electron chi connectivity index (χ2n) is 4.68. The van der Waals surface area contributed by atoms with Gasteiger partial charge in [-0.3, -0.25) is 0 Å². The third-order valence-electron chi connectivity index (χ3n) is 3.42. The highest BCUT2D eigenvalue weighted by Gasteiger charge is 2.23. The molecule has 1 aromatic carbocycles. The number of halogens is 3. The fourth-order valence-corrected chi connectivity index (χ4v) is 3.50. The summed E-state index contributed by atoms with van der Waals surface area (Å²) in [7, 11) is 0. The summed E-state index contributed by atoms with van der Waals surface area (Å²) in [5, 5.41) is 5.88. The molecular weight excluding hydrogens is 305 g/mol.